The fourth-order valence-electron chi connectivity index (χ4n) is 2.26. The normalized spacial score (nSPS) is 11.4. The highest BCUT2D eigenvalue weighted by atomic mass is 35.5. The molecule has 0 unspecified atom stereocenters. The van der Waals surface area contributed by atoms with Gasteiger partial charge >= 0.3 is 0 Å². The maximum absolute atomic E-state index is 13.5. The molecule has 3 rings (SSSR count). The minimum absolute atomic E-state index is 0.255. The van der Waals surface area contributed by atoms with Gasteiger partial charge in [0, 0.05) is 19.3 Å². The first-order chi connectivity index (χ1) is 9.10. The Morgan fingerprint density at radius 1 is 1.37 bits per heavy atom. The molecule has 4 nitrogen and oxygen atoms in total. The molecule has 2 aromatic heterocycles. The summed E-state index contributed by atoms with van der Waals surface area (Å²) in [6.45, 7) is 1.90. The molecule has 0 saturated carbocycles. The van der Waals surface area contributed by atoms with Crippen molar-refractivity contribution in [2.24, 2.45) is 7.05 Å². The van der Waals surface area contributed by atoms with Gasteiger partial charge in [-0.25, -0.2) is 9.37 Å². The molecule has 0 aliphatic heterocycles. The number of fused-ring (bicyclic) bond motifs is 1. The van der Waals surface area contributed by atoms with Crippen LogP contribution in [0.1, 0.15) is 11.5 Å². The van der Waals surface area contributed by atoms with E-state index in [4.69, 9.17) is 11.6 Å². The van der Waals surface area contributed by atoms with E-state index in [1.165, 1.54) is 12.1 Å². The van der Waals surface area contributed by atoms with Crippen LogP contribution in [-0.2, 0) is 12.9 Å². The molecule has 19 heavy (non-hydrogen) atoms. The number of nitrogens with zero attached hydrogens (tertiary/aromatic N) is 4. The third-order valence-corrected chi connectivity index (χ3v) is 3.27. The molecule has 1 aromatic carbocycles. The van der Waals surface area contributed by atoms with Gasteiger partial charge in [0.05, 0.1) is 28.3 Å². The Morgan fingerprint density at radius 2 is 2.16 bits per heavy atom. The van der Waals surface area contributed by atoms with Crippen molar-refractivity contribution in [3.63, 3.8) is 0 Å². The molecule has 0 radical (unpaired) electrons. The summed E-state index contributed by atoms with van der Waals surface area (Å²) in [4.78, 5) is 4.43. The maximum Gasteiger partial charge on any atom is 0.129 e. The molecular formula is C13H12ClFN4. The van der Waals surface area contributed by atoms with Crippen LogP contribution in [0.3, 0.4) is 0 Å². The van der Waals surface area contributed by atoms with E-state index < -0.39 is 0 Å². The molecule has 0 bridgehead atoms. The first-order valence-corrected chi connectivity index (χ1v) is 6.37. The van der Waals surface area contributed by atoms with E-state index in [1.807, 2.05) is 24.7 Å². The van der Waals surface area contributed by atoms with Crippen molar-refractivity contribution in [1.82, 2.24) is 19.3 Å². The molecule has 0 N–H and O–H groups in total. The van der Waals surface area contributed by atoms with Gasteiger partial charge in [-0.2, -0.15) is 5.10 Å². The molecular weight excluding hydrogens is 267 g/mol. The van der Waals surface area contributed by atoms with Crippen molar-refractivity contribution in [3.8, 4) is 5.69 Å². The zero-order valence-corrected chi connectivity index (χ0v) is 11.3. The molecule has 0 aliphatic carbocycles. The lowest BCUT2D eigenvalue weighted by molar-refractivity contribution is 0.629. The van der Waals surface area contributed by atoms with Crippen molar-refractivity contribution in [2.45, 2.75) is 12.8 Å². The van der Waals surface area contributed by atoms with Crippen molar-refractivity contribution in [3.05, 3.63) is 41.7 Å². The van der Waals surface area contributed by atoms with Crippen LogP contribution in [0.15, 0.2) is 24.4 Å². The Kier molecular flexibility index (Phi) is 2.78. The Morgan fingerprint density at radius 3 is 2.79 bits per heavy atom. The lowest BCUT2D eigenvalue weighted by atomic mass is 10.3. The number of hydrogen-bond acceptors (Lipinski definition) is 2. The fourth-order valence-corrected chi connectivity index (χ4v) is 2.44. The van der Waals surface area contributed by atoms with Gasteiger partial charge in [0.1, 0.15) is 11.6 Å². The van der Waals surface area contributed by atoms with Crippen LogP contribution in [0.4, 0.5) is 4.39 Å². The lowest BCUT2D eigenvalue weighted by Gasteiger charge is -2.05. The third-order valence-electron chi connectivity index (χ3n) is 3.03. The van der Waals surface area contributed by atoms with Gasteiger partial charge in [-0.15, -0.1) is 11.6 Å². The van der Waals surface area contributed by atoms with E-state index >= 15 is 0 Å². The summed E-state index contributed by atoms with van der Waals surface area (Å²) in [5.41, 5.74) is 3.13. The van der Waals surface area contributed by atoms with Crippen molar-refractivity contribution in [2.75, 3.05) is 0 Å². The van der Waals surface area contributed by atoms with Crippen LogP contribution in [0.25, 0.3) is 16.7 Å². The van der Waals surface area contributed by atoms with Crippen LogP contribution < -0.4 is 0 Å². The summed E-state index contributed by atoms with van der Waals surface area (Å²) in [5, 5.41) is 4.30. The molecule has 0 spiro atoms. The second kappa shape index (κ2) is 4.35. The molecule has 6 heteroatoms. The van der Waals surface area contributed by atoms with Crippen molar-refractivity contribution in [1.29, 1.82) is 0 Å². The molecule has 3 aromatic rings. The average Bonchev–Trinajstić information content (AvgIpc) is 2.88. The zero-order valence-electron chi connectivity index (χ0n) is 10.6. The molecule has 98 valence electrons. The number of hydrogen-bond donors (Lipinski definition) is 0. The second-order valence-corrected chi connectivity index (χ2v) is 4.67. The number of alkyl halides is 1. The molecule has 0 atom stereocenters. The number of halogens is 2. The highest BCUT2D eigenvalue weighted by molar-refractivity contribution is 6.17. The van der Waals surface area contributed by atoms with Crippen molar-refractivity contribution >= 4 is 22.6 Å². The van der Waals surface area contributed by atoms with E-state index in [-0.39, 0.29) is 11.7 Å². The number of benzene rings is 1. The van der Waals surface area contributed by atoms with E-state index in [9.17, 15) is 4.39 Å². The largest absolute Gasteiger partial charge is 0.292 e. The zero-order chi connectivity index (χ0) is 13.6. The molecule has 0 amide bonds. The standard InChI is InChI=1S/C13H12ClFN4/c1-8-12(7-18(2)17-8)19-11-5-9(15)3-4-10(11)16-13(19)6-14/h3-5,7H,6H2,1-2H3. The van der Waals surface area contributed by atoms with Gasteiger partial charge in [-0.3, -0.25) is 9.25 Å². The molecule has 0 saturated heterocycles. The summed E-state index contributed by atoms with van der Waals surface area (Å²) in [7, 11) is 1.84. The van der Waals surface area contributed by atoms with Crippen LogP contribution in [0.2, 0.25) is 0 Å². The van der Waals surface area contributed by atoms with Gasteiger partial charge in [-0.1, -0.05) is 0 Å². The van der Waals surface area contributed by atoms with E-state index in [1.54, 1.807) is 10.7 Å². The predicted octanol–water partition coefficient (Wildman–Crippen LogP) is 2.95. The van der Waals surface area contributed by atoms with Gasteiger partial charge in [-0.05, 0) is 19.1 Å². The predicted molar refractivity (Wildman–Crippen MR) is 72.1 cm³/mol. The van der Waals surface area contributed by atoms with E-state index in [0.29, 0.717) is 11.3 Å². The van der Waals surface area contributed by atoms with Gasteiger partial charge in [0.15, 0.2) is 0 Å². The smallest absolute Gasteiger partial charge is 0.129 e. The summed E-state index contributed by atoms with van der Waals surface area (Å²) in [5.74, 6) is 0.639. The molecule has 2 heterocycles. The SMILES string of the molecule is Cc1nn(C)cc1-n1c(CCl)nc2ccc(F)cc21. The molecule has 0 aliphatic rings. The Balaban J connectivity index is 2.37. The Hall–Kier alpha value is -1.88. The van der Waals surface area contributed by atoms with Crippen LogP contribution >= 0.6 is 11.6 Å². The maximum atomic E-state index is 13.5. The Bertz CT molecular complexity index is 759. The monoisotopic (exact) mass is 278 g/mol. The highest BCUT2D eigenvalue weighted by Crippen LogP contribution is 2.24. The summed E-state index contributed by atoms with van der Waals surface area (Å²) in [6.07, 6.45) is 1.87. The first-order valence-electron chi connectivity index (χ1n) is 5.83. The second-order valence-electron chi connectivity index (χ2n) is 4.40. The van der Waals surface area contributed by atoms with Gasteiger partial charge < -0.3 is 0 Å². The summed E-state index contributed by atoms with van der Waals surface area (Å²) >= 11 is 5.95. The van der Waals surface area contributed by atoms with Crippen molar-refractivity contribution < 1.29 is 4.39 Å². The van der Waals surface area contributed by atoms with Crippen LogP contribution in [0.5, 0.6) is 0 Å². The average molecular weight is 279 g/mol. The van der Waals surface area contributed by atoms with E-state index in [0.717, 1.165) is 16.9 Å². The summed E-state index contributed by atoms with van der Waals surface area (Å²) in [6, 6.07) is 4.52. The lowest BCUT2D eigenvalue weighted by Crippen LogP contribution is -2.00. The van der Waals surface area contributed by atoms with Gasteiger partial charge in [0.25, 0.3) is 0 Å². The topological polar surface area (TPSA) is 35.6 Å². The van der Waals surface area contributed by atoms with Crippen LogP contribution in [-0.4, -0.2) is 19.3 Å². The number of aromatic nitrogens is 4. The molecule has 0 fully saturated rings. The quantitative estimate of drug-likeness (QED) is 0.676. The minimum Gasteiger partial charge on any atom is -0.292 e. The number of imidazole rings is 1. The summed E-state index contributed by atoms with van der Waals surface area (Å²) < 4.78 is 17.0. The fraction of sp³-hybridized carbons (Fsp3) is 0.231. The van der Waals surface area contributed by atoms with E-state index in [2.05, 4.69) is 10.1 Å². The number of aryl methyl sites for hydroxylation is 2. The van der Waals surface area contributed by atoms with Gasteiger partial charge in [0.2, 0.25) is 0 Å². The minimum atomic E-state index is -0.295. The highest BCUT2D eigenvalue weighted by Gasteiger charge is 2.15. The number of rotatable bonds is 2. The Labute approximate surface area is 114 Å². The first kappa shape index (κ1) is 12.2. The van der Waals surface area contributed by atoms with Crippen LogP contribution in [0, 0.1) is 12.7 Å². The third kappa shape index (κ3) is 1.90.